The summed E-state index contributed by atoms with van der Waals surface area (Å²) in [7, 11) is -2.90. The van der Waals surface area contributed by atoms with Crippen molar-refractivity contribution < 1.29 is 13.2 Å². The van der Waals surface area contributed by atoms with Crippen molar-refractivity contribution in [2.75, 3.05) is 18.6 Å². The molecule has 1 aromatic rings. The summed E-state index contributed by atoms with van der Waals surface area (Å²) in [5.41, 5.74) is 2.36. The Morgan fingerprint density at radius 3 is 2.75 bits per heavy atom. The Kier molecular flexibility index (Phi) is 5.05. The van der Waals surface area contributed by atoms with Crippen LogP contribution in [0.5, 0.6) is 5.75 Å². The number of sulfone groups is 1. The topological polar surface area (TPSA) is 55.4 Å². The zero-order chi connectivity index (χ0) is 14.6. The lowest BCUT2D eigenvalue weighted by atomic mass is 10.1. The first-order valence-corrected chi connectivity index (χ1v) is 9.13. The first-order chi connectivity index (χ1) is 9.44. The van der Waals surface area contributed by atoms with E-state index in [1.165, 1.54) is 24.7 Å². The monoisotopic (exact) mass is 297 g/mol. The molecule has 0 aromatic heterocycles. The van der Waals surface area contributed by atoms with Crippen LogP contribution >= 0.6 is 0 Å². The molecule has 0 atom stereocenters. The number of ether oxygens (including phenoxy) is 1. The molecule has 0 heterocycles. The highest BCUT2D eigenvalue weighted by Crippen LogP contribution is 2.23. The van der Waals surface area contributed by atoms with Crippen molar-refractivity contribution in [2.24, 2.45) is 0 Å². The molecule has 0 bridgehead atoms. The van der Waals surface area contributed by atoms with Crippen LogP contribution in [0.4, 0.5) is 0 Å². The van der Waals surface area contributed by atoms with Gasteiger partial charge < -0.3 is 10.1 Å². The Morgan fingerprint density at radius 2 is 2.10 bits per heavy atom. The zero-order valence-electron chi connectivity index (χ0n) is 12.2. The highest BCUT2D eigenvalue weighted by atomic mass is 32.2. The van der Waals surface area contributed by atoms with Crippen LogP contribution in [0.3, 0.4) is 0 Å². The van der Waals surface area contributed by atoms with Gasteiger partial charge in [-0.15, -0.1) is 0 Å². The molecule has 0 spiro atoms. The van der Waals surface area contributed by atoms with Gasteiger partial charge in [-0.25, -0.2) is 8.42 Å². The average Bonchev–Trinajstić information content (AvgIpc) is 3.16. The lowest BCUT2D eigenvalue weighted by Crippen LogP contribution is -2.16. The zero-order valence-corrected chi connectivity index (χ0v) is 13.0. The van der Waals surface area contributed by atoms with E-state index in [1.807, 2.05) is 12.1 Å². The summed E-state index contributed by atoms with van der Waals surface area (Å²) in [6.07, 6.45) is 4.30. The minimum Gasteiger partial charge on any atom is -0.493 e. The molecule has 0 radical (unpaired) electrons. The third-order valence-corrected chi connectivity index (χ3v) is 4.32. The first kappa shape index (κ1) is 15.3. The van der Waals surface area contributed by atoms with Crippen molar-refractivity contribution in [1.82, 2.24) is 5.32 Å². The van der Waals surface area contributed by atoms with Gasteiger partial charge in [0.05, 0.1) is 12.4 Å². The van der Waals surface area contributed by atoms with Crippen LogP contribution in [0.1, 0.15) is 30.4 Å². The lowest BCUT2D eigenvalue weighted by molar-refractivity contribution is 0.313. The highest BCUT2D eigenvalue weighted by molar-refractivity contribution is 7.90. The predicted molar refractivity (Wildman–Crippen MR) is 80.9 cm³/mol. The normalized spacial score (nSPS) is 15.3. The number of hydrogen-bond acceptors (Lipinski definition) is 4. The van der Waals surface area contributed by atoms with E-state index in [1.54, 1.807) is 0 Å². The molecule has 1 aromatic carbocycles. The van der Waals surface area contributed by atoms with Crippen molar-refractivity contribution in [3.8, 4) is 5.75 Å². The quantitative estimate of drug-likeness (QED) is 0.746. The molecule has 1 aliphatic rings. The maximum absolute atomic E-state index is 11.1. The van der Waals surface area contributed by atoms with E-state index >= 15 is 0 Å². The van der Waals surface area contributed by atoms with Crippen LogP contribution in [0.2, 0.25) is 0 Å². The van der Waals surface area contributed by atoms with Gasteiger partial charge in [0.15, 0.2) is 0 Å². The molecule has 0 saturated heterocycles. The molecular weight excluding hydrogens is 274 g/mol. The largest absolute Gasteiger partial charge is 0.493 e. The third-order valence-electron chi connectivity index (χ3n) is 3.29. The Bertz CT molecular complexity index is 550. The molecule has 0 unspecified atom stereocenters. The summed E-state index contributed by atoms with van der Waals surface area (Å²) in [4.78, 5) is 0. The molecular formula is C15H23NO3S. The first-order valence-electron chi connectivity index (χ1n) is 7.07. The minimum atomic E-state index is -2.90. The number of nitrogens with one attached hydrogen (secondary N) is 1. The number of aryl methyl sites for hydroxylation is 1. The summed E-state index contributed by atoms with van der Waals surface area (Å²) >= 11 is 0. The number of hydrogen-bond donors (Lipinski definition) is 1. The number of benzene rings is 1. The van der Waals surface area contributed by atoms with E-state index in [4.69, 9.17) is 4.74 Å². The Labute approximate surface area is 121 Å². The number of rotatable bonds is 8. The van der Waals surface area contributed by atoms with Gasteiger partial charge in [0.2, 0.25) is 0 Å². The van der Waals surface area contributed by atoms with E-state index in [0.717, 1.165) is 17.9 Å². The molecule has 0 aliphatic heterocycles. The third kappa shape index (κ3) is 5.51. The van der Waals surface area contributed by atoms with Gasteiger partial charge >= 0.3 is 0 Å². The molecule has 4 nitrogen and oxygen atoms in total. The maximum atomic E-state index is 11.1. The van der Waals surface area contributed by atoms with Crippen LogP contribution in [0, 0.1) is 6.92 Å². The van der Waals surface area contributed by atoms with Gasteiger partial charge in [-0.1, -0.05) is 17.7 Å². The average molecular weight is 297 g/mol. The van der Waals surface area contributed by atoms with E-state index < -0.39 is 9.84 Å². The van der Waals surface area contributed by atoms with Crippen LogP contribution in [-0.4, -0.2) is 33.1 Å². The van der Waals surface area contributed by atoms with E-state index in [-0.39, 0.29) is 5.75 Å². The Morgan fingerprint density at radius 1 is 1.35 bits per heavy atom. The molecule has 1 N–H and O–H groups in total. The standard InChI is InChI=1S/C15H23NO3S/c1-12-4-7-15(19-8-3-9-20(2,17)18)13(10-12)11-16-14-5-6-14/h4,7,10,14,16H,3,5-6,8-9,11H2,1-2H3. The summed E-state index contributed by atoms with van der Waals surface area (Å²) in [5.74, 6) is 1.03. The SMILES string of the molecule is Cc1ccc(OCCCS(C)(=O)=O)c(CNC2CC2)c1. The smallest absolute Gasteiger partial charge is 0.147 e. The van der Waals surface area contributed by atoms with Gasteiger partial charge in [-0.05, 0) is 32.3 Å². The second kappa shape index (κ2) is 6.59. The summed E-state index contributed by atoms with van der Waals surface area (Å²) < 4.78 is 27.9. The summed E-state index contributed by atoms with van der Waals surface area (Å²) in [6.45, 7) is 3.31. The van der Waals surface area contributed by atoms with Gasteiger partial charge in [-0.2, -0.15) is 0 Å². The minimum absolute atomic E-state index is 0.175. The van der Waals surface area contributed by atoms with Crippen molar-refractivity contribution in [3.63, 3.8) is 0 Å². The van der Waals surface area contributed by atoms with Crippen molar-refractivity contribution >= 4 is 9.84 Å². The van der Waals surface area contributed by atoms with Crippen LogP contribution < -0.4 is 10.1 Å². The molecule has 2 rings (SSSR count). The molecule has 20 heavy (non-hydrogen) atoms. The fourth-order valence-electron chi connectivity index (χ4n) is 2.03. The van der Waals surface area contributed by atoms with Crippen molar-refractivity contribution in [2.45, 2.75) is 38.8 Å². The Balaban J connectivity index is 1.88. The molecule has 1 saturated carbocycles. The van der Waals surface area contributed by atoms with Crippen LogP contribution in [0.25, 0.3) is 0 Å². The highest BCUT2D eigenvalue weighted by Gasteiger charge is 2.20. The van der Waals surface area contributed by atoms with Gasteiger partial charge in [0, 0.05) is 24.4 Å². The fourth-order valence-corrected chi connectivity index (χ4v) is 2.67. The van der Waals surface area contributed by atoms with Crippen molar-refractivity contribution in [1.29, 1.82) is 0 Å². The van der Waals surface area contributed by atoms with Gasteiger partial charge in [0.25, 0.3) is 0 Å². The van der Waals surface area contributed by atoms with Gasteiger partial charge in [0.1, 0.15) is 15.6 Å². The molecule has 5 heteroatoms. The van der Waals surface area contributed by atoms with Crippen LogP contribution in [-0.2, 0) is 16.4 Å². The fraction of sp³-hybridized carbons (Fsp3) is 0.600. The molecule has 1 aliphatic carbocycles. The second-order valence-electron chi connectivity index (χ2n) is 5.60. The predicted octanol–water partition coefficient (Wildman–Crippen LogP) is 2.06. The van der Waals surface area contributed by atoms with Crippen LogP contribution in [0.15, 0.2) is 18.2 Å². The van der Waals surface area contributed by atoms with E-state index in [2.05, 4.69) is 18.3 Å². The lowest BCUT2D eigenvalue weighted by Gasteiger charge is -2.13. The van der Waals surface area contributed by atoms with Crippen molar-refractivity contribution in [3.05, 3.63) is 29.3 Å². The molecule has 112 valence electrons. The molecule has 1 fully saturated rings. The second-order valence-corrected chi connectivity index (χ2v) is 7.86. The summed E-state index contributed by atoms with van der Waals surface area (Å²) in [5, 5.41) is 3.48. The maximum Gasteiger partial charge on any atom is 0.147 e. The van der Waals surface area contributed by atoms with E-state index in [9.17, 15) is 8.42 Å². The van der Waals surface area contributed by atoms with E-state index in [0.29, 0.717) is 19.1 Å². The molecule has 0 amide bonds. The van der Waals surface area contributed by atoms with Gasteiger partial charge in [-0.3, -0.25) is 0 Å². The summed E-state index contributed by atoms with van der Waals surface area (Å²) in [6, 6.07) is 6.78. The Hall–Kier alpha value is -1.07.